The molecular formula is C18H34N4O4. The number of amides is 2. The normalized spacial score (nSPS) is 20.0. The predicted molar refractivity (Wildman–Crippen MR) is 99.0 cm³/mol. The molecule has 2 rings (SSSR count). The standard InChI is InChI=1S/C18H34N4O4/c1-19-16(15-26-13-10-21-8-11-25-12-9-21)18(24)20(2)14-17(23)22-6-4-3-5-7-22/h16,19H,3-15H2,1-2H3. The average molecular weight is 370 g/mol. The van der Waals surface area contributed by atoms with Crippen molar-refractivity contribution in [3.8, 4) is 0 Å². The van der Waals surface area contributed by atoms with Crippen molar-refractivity contribution in [1.29, 1.82) is 0 Å². The van der Waals surface area contributed by atoms with Gasteiger partial charge in [0.05, 0.1) is 33.0 Å². The summed E-state index contributed by atoms with van der Waals surface area (Å²) in [6, 6.07) is -0.432. The molecule has 8 nitrogen and oxygen atoms in total. The Morgan fingerprint density at radius 1 is 1.15 bits per heavy atom. The maximum Gasteiger partial charge on any atom is 0.242 e. The summed E-state index contributed by atoms with van der Waals surface area (Å²) >= 11 is 0. The third-order valence-electron chi connectivity index (χ3n) is 5.04. The first kappa shape index (κ1) is 21.1. The topological polar surface area (TPSA) is 74.4 Å². The molecule has 0 aliphatic carbocycles. The second-order valence-electron chi connectivity index (χ2n) is 7.01. The van der Waals surface area contributed by atoms with Crippen LogP contribution in [0.1, 0.15) is 19.3 Å². The van der Waals surface area contributed by atoms with Crippen LogP contribution in [0.4, 0.5) is 0 Å². The summed E-state index contributed by atoms with van der Waals surface area (Å²) in [5.41, 5.74) is 0. The lowest BCUT2D eigenvalue weighted by molar-refractivity contribution is -0.141. The summed E-state index contributed by atoms with van der Waals surface area (Å²) in [6.45, 7) is 6.88. The number of hydrogen-bond acceptors (Lipinski definition) is 6. The van der Waals surface area contributed by atoms with Crippen molar-refractivity contribution in [3.63, 3.8) is 0 Å². The van der Waals surface area contributed by atoms with E-state index in [9.17, 15) is 9.59 Å². The molecule has 26 heavy (non-hydrogen) atoms. The maximum absolute atomic E-state index is 12.6. The Labute approximate surface area is 156 Å². The molecule has 0 saturated carbocycles. The summed E-state index contributed by atoms with van der Waals surface area (Å²) in [7, 11) is 3.43. The van der Waals surface area contributed by atoms with Gasteiger partial charge in [-0.2, -0.15) is 0 Å². The zero-order chi connectivity index (χ0) is 18.8. The Balaban J connectivity index is 1.67. The van der Waals surface area contributed by atoms with E-state index >= 15 is 0 Å². The van der Waals surface area contributed by atoms with Gasteiger partial charge in [-0.3, -0.25) is 14.5 Å². The van der Waals surface area contributed by atoms with Gasteiger partial charge in [0.25, 0.3) is 0 Å². The SMILES string of the molecule is CNC(COCCN1CCOCC1)C(=O)N(C)CC(=O)N1CCCCC1. The summed E-state index contributed by atoms with van der Waals surface area (Å²) in [5.74, 6) is -0.0760. The molecule has 8 heteroatoms. The Bertz CT molecular complexity index is 437. The monoisotopic (exact) mass is 370 g/mol. The van der Waals surface area contributed by atoms with Crippen LogP contribution in [-0.2, 0) is 19.1 Å². The predicted octanol–water partition coefficient (Wildman–Crippen LogP) is -0.606. The molecule has 0 radical (unpaired) electrons. The van der Waals surface area contributed by atoms with Crippen molar-refractivity contribution in [2.75, 3.05) is 79.8 Å². The fourth-order valence-electron chi connectivity index (χ4n) is 3.29. The molecule has 0 spiro atoms. The first-order valence-corrected chi connectivity index (χ1v) is 9.69. The molecule has 1 N–H and O–H groups in total. The molecule has 1 atom stereocenters. The summed E-state index contributed by atoms with van der Waals surface area (Å²) in [6.07, 6.45) is 3.29. The molecule has 2 aliphatic rings. The first-order chi connectivity index (χ1) is 12.6. The van der Waals surface area contributed by atoms with Crippen LogP contribution < -0.4 is 5.32 Å². The van der Waals surface area contributed by atoms with Gasteiger partial charge in [0, 0.05) is 39.8 Å². The Morgan fingerprint density at radius 3 is 2.50 bits per heavy atom. The molecule has 2 amide bonds. The van der Waals surface area contributed by atoms with Gasteiger partial charge >= 0.3 is 0 Å². The zero-order valence-corrected chi connectivity index (χ0v) is 16.2. The highest BCUT2D eigenvalue weighted by molar-refractivity contribution is 5.87. The molecule has 0 aromatic carbocycles. The van der Waals surface area contributed by atoms with E-state index in [0.29, 0.717) is 13.2 Å². The minimum absolute atomic E-state index is 0.0311. The molecular weight excluding hydrogens is 336 g/mol. The lowest BCUT2D eigenvalue weighted by Gasteiger charge is -2.30. The van der Waals surface area contributed by atoms with Gasteiger partial charge in [0.2, 0.25) is 11.8 Å². The van der Waals surface area contributed by atoms with Crippen molar-refractivity contribution in [2.45, 2.75) is 25.3 Å². The minimum Gasteiger partial charge on any atom is -0.379 e. The molecule has 2 aliphatic heterocycles. The van der Waals surface area contributed by atoms with E-state index in [2.05, 4.69) is 10.2 Å². The third-order valence-corrected chi connectivity index (χ3v) is 5.04. The van der Waals surface area contributed by atoms with Crippen molar-refractivity contribution < 1.29 is 19.1 Å². The number of ether oxygens (including phenoxy) is 2. The number of likely N-dealkylation sites (N-methyl/N-ethyl adjacent to an activating group) is 2. The Kier molecular flexibility index (Phi) is 9.31. The van der Waals surface area contributed by atoms with Crippen LogP contribution in [0.15, 0.2) is 0 Å². The lowest BCUT2D eigenvalue weighted by atomic mass is 10.1. The van der Waals surface area contributed by atoms with E-state index in [0.717, 1.165) is 58.8 Å². The van der Waals surface area contributed by atoms with Gasteiger partial charge in [-0.15, -0.1) is 0 Å². The van der Waals surface area contributed by atoms with Crippen molar-refractivity contribution >= 4 is 11.8 Å². The number of nitrogens with one attached hydrogen (secondary N) is 1. The fourth-order valence-corrected chi connectivity index (χ4v) is 3.29. The van der Waals surface area contributed by atoms with E-state index < -0.39 is 6.04 Å². The van der Waals surface area contributed by atoms with Crippen LogP contribution in [0.2, 0.25) is 0 Å². The third kappa shape index (κ3) is 6.83. The largest absolute Gasteiger partial charge is 0.379 e. The highest BCUT2D eigenvalue weighted by Crippen LogP contribution is 2.09. The maximum atomic E-state index is 12.6. The Morgan fingerprint density at radius 2 is 1.85 bits per heavy atom. The molecule has 150 valence electrons. The van der Waals surface area contributed by atoms with Crippen LogP contribution in [0, 0.1) is 0 Å². The summed E-state index contributed by atoms with van der Waals surface area (Å²) in [4.78, 5) is 30.6. The van der Waals surface area contributed by atoms with E-state index in [-0.39, 0.29) is 18.4 Å². The van der Waals surface area contributed by atoms with Crippen LogP contribution >= 0.6 is 0 Å². The van der Waals surface area contributed by atoms with Crippen LogP contribution in [0.3, 0.4) is 0 Å². The number of rotatable bonds is 9. The smallest absolute Gasteiger partial charge is 0.242 e. The lowest BCUT2D eigenvalue weighted by Crippen LogP contribution is -2.50. The first-order valence-electron chi connectivity index (χ1n) is 9.69. The van der Waals surface area contributed by atoms with Gasteiger partial charge in [-0.1, -0.05) is 0 Å². The molecule has 2 heterocycles. The van der Waals surface area contributed by atoms with Gasteiger partial charge in [-0.25, -0.2) is 0 Å². The summed E-state index contributed by atoms with van der Waals surface area (Å²) in [5, 5.41) is 3.00. The number of hydrogen-bond donors (Lipinski definition) is 1. The Hall–Kier alpha value is -1.22. The van der Waals surface area contributed by atoms with Gasteiger partial charge in [0.1, 0.15) is 6.04 Å². The van der Waals surface area contributed by atoms with Crippen LogP contribution in [-0.4, -0.2) is 112 Å². The van der Waals surface area contributed by atoms with Crippen molar-refractivity contribution in [1.82, 2.24) is 20.0 Å². The number of morpholine rings is 1. The number of nitrogens with zero attached hydrogens (tertiary/aromatic N) is 3. The van der Waals surface area contributed by atoms with E-state index in [4.69, 9.17) is 9.47 Å². The second kappa shape index (κ2) is 11.5. The fraction of sp³-hybridized carbons (Fsp3) is 0.889. The quantitative estimate of drug-likeness (QED) is 0.546. The molecule has 0 aromatic rings. The highest BCUT2D eigenvalue weighted by Gasteiger charge is 2.25. The minimum atomic E-state index is -0.432. The molecule has 0 bridgehead atoms. The number of carbonyl (C=O) groups is 2. The molecule has 2 fully saturated rings. The van der Waals surface area contributed by atoms with E-state index in [1.165, 1.54) is 11.3 Å². The highest BCUT2D eigenvalue weighted by atomic mass is 16.5. The van der Waals surface area contributed by atoms with Gasteiger partial charge < -0.3 is 24.6 Å². The van der Waals surface area contributed by atoms with E-state index in [1.807, 2.05) is 4.90 Å². The zero-order valence-electron chi connectivity index (χ0n) is 16.2. The average Bonchev–Trinajstić information content (AvgIpc) is 2.69. The number of likely N-dealkylation sites (tertiary alicyclic amines) is 1. The number of piperidine rings is 1. The second-order valence-corrected chi connectivity index (χ2v) is 7.01. The van der Waals surface area contributed by atoms with Crippen molar-refractivity contribution in [2.24, 2.45) is 0 Å². The van der Waals surface area contributed by atoms with Gasteiger partial charge in [-0.05, 0) is 26.3 Å². The molecule has 0 aromatic heterocycles. The van der Waals surface area contributed by atoms with Gasteiger partial charge in [0.15, 0.2) is 0 Å². The summed E-state index contributed by atoms with van der Waals surface area (Å²) < 4.78 is 11.0. The van der Waals surface area contributed by atoms with Crippen molar-refractivity contribution in [3.05, 3.63) is 0 Å². The molecule has 1 unspecified atom stereocenters. The number of carbonyl (C=O) groups excluding carboxylic acids is 2. The van der Waals surface area contributed by atoms with Crippen LogP contribution in [0.5, 0.6) is 0 Å². The molecule has 2 saturated heterocycles. The van der Waals surface area contributed by atoms with E-state index in [1.54, 1.807) is 14.1 Å². The van der Waals surface area contributed by atoms with Crippen LogP contribution in [0.25, 0.3) is 0 Å².